The van der Waals surface area contributed by atoms with Crippen molar-refractivity contribution in [3.05, 3.63) is 34.9 Å². The molecule has 0 aliphatic carbocycles. The highest BCUT2D eigenvalue weighted by Crippen LogP contribution is 2.27. The Labute approximate surface area is 152 Å². The maximum Gasteiger partial charge on any atom is 0.316 e. The molecule has 7 nitrogen and oxygen atoms in total. The van der Waals surface area contributed by atoms with Gasteiger partial charge in [-0.25, -0.2) is 19.0 Å². The smallest absolute Gasteiger partial charge is 0.316 e. The van der Waals surface area contributed by atoms with Crippen LogP contribution in [0.15, 0.2) is 44.9 Å². The number of nitrogens with zero attached hydrogens (tertiary/aromatic N) is 2. The van der Waals surface area contributed by atoms with Gasteiger partial charge in [-0.15, -0.1) is 0 Å². The third kappa shape index (κ3) is 5.18. The molecule has 0 spiro atoms. The number of esters is 1. The molecule has 0 aliphatic rings. The van der Waals surface area contributed by atoms with Crippen LogP contribution in [0.3, 0.4) is 0 Å². The van der Waals surface area contributed by atoms with Gasteiger partial charge in [-0.1, -0.05) is 11.8 Å². The Morgan fingerprint density at radius 1 is 1.42 bits per heavy atom. The second-order valence-electron chi connectivity index (χ2n) is 4.70. The van der Waals surface area contributed by atoms with Crippen molar-refractivity contribution in [1.29, 1.82) is 4.78 Å². The Bertz CT molecular complexity index is 842. The number of ether oxygens (including phenoxy) is 1. The lowest BCUT2D eigenvalue weighted by Gasteiger charge is -2.08. The van der Waals surface area contributed by atoms with E-state index in [0.717, 1.165) is 0 Å². The highest BCUT2D eigenvalue weighted by atomic mass is 79.9. The summed E-state index contributed by atoms with van der Waals surface area (Å²) in [7, 11) is -1.40. The van der Waals surface area contributed by atoms with E-state index in [2.05, 4.69) is 36.0 Å². The molecule has 2 rings (SSSR count). The van der Waals surface area contributed by atoms with E-state index < -0.39 is 9.73 Å². The van der Waals surface area contributed by atoms with Crippen LogP contribution in [-0.2, 0) is 19.3 Å². The molecular weight excluding hydrogens is 416 g/mol. The number of thioether (sulfide) groups is 1. The number of nitrogens with one attached hydrogen (secondary N) is 2. The maximum atomic E-state index is 11.7. The highest BCUT2D eigenvalue weighted by molar-refractivity contribution is 9.10. The molecule has 1 unspecified atom stereocenters. The van der Waals surface area contributed by atoms with E-state index in [9.17, 15) is 9.00 Å². The Morgan fingerprint density at radius 2 is 2.08 bits per heavy atom. The molecule has 24 heavy (non-hydrogen) atoms. The van der Waals surface area contributed by atoms with Crippen LogP contribution < -0.4 is 5.32 Å². The number of rotatable bonds is 6. The lowest BCUT2D eigenvalue weighted by Crippen LogP contribution is -2.04. The molecule has 2 aromatic rings. The Kier molecular flexibility index (Phi) is 6.19. The predicted octanol–water partition coefficient (Wildman–Crippen LogP) is 3.28. The largest absolute Gasteiger partial charge is 0.468 e. The molecule has 0 saturated carbocycles. The molecule has 0 aliphatic heterocycles. The number of aromatic nitrogens is 2. The second-order valence-corrected chi connectivity index (χ2v) is 8.68. The number of benzene rings is 1. The molecule has 0 amide bonds. The van der Waals surface area contributed by atoms with E-state index in [0.29, 0.717) is 26.0 Å². The molecule has 1 atom stereocenters. The SMILES string of the molecule is COC(=O)CSc1nc(Nc2ccc(S(C)(=N)=O)cc2)ncc1Br. The van der Waals surface area contributed by atoms with Gasteiger partial charge in [-0.2, -0.15) is 0 Å². The standard InChI is InChI=1S/C14H15BrN4O3S2/c1-22-12(20)8-23-13-11(15)7-17-14(19-13)18-9-3-5-10(6-4-9)24(2,16)21/h3-7,16H,8H2,1-2H3,(H,17,18,19). The van der Waals surface area contributed by atoms with Crippen LogP contribution >= 0.6 is 27.7 Å². The minimum absolute atomic E-state index is 0.147. The lowest BCUT2D eigenvalue weighted by atomic mass is 10.3. The average Bonchev–Trinajstić information content (AvgIpc) is 2.54. The van der Waals surface area contributed by atoms with Gasteiger partial charge in [0.1, 0.15) is 5.03 Å². The van der Waals surface area contributed by atoms with Crippen molar-refractivity contribution in [3.63, 3.8) is 0 Å². The first kappa shape index (κ1) is 18.7. The van der Waals surface area contributed by atoms with Crippen LogP contribution in [0.2, 0.25) is 0 Å². The van der Waals surface area contributed by atoms with Crippen molar-refractivity contribution in [2.24, 2.45) is 0 Å². The quantitative estimate of drug-likeness (QED) is 0.411. The fourth-order valence-electron chi connectivity index (χ4n) is 1.63. The van der Waals surface area contributed by atoms with Crippen molar-refractivity contribution in [1.82, 2.24) is 9.97 Å². The summed E-state index contributed by atoms with van der Waals surface area (Å²) in [4.78, 5) is 20.2. The van der Waals surface area contributed by atoms with Gasteiger partial charge in [0.05, 0.1) is 27.1 Å². The highest BCUT2D eigenvalue weighted by Gasteiger charge is 2.10. The van der Waals surface area contributed by atoms with Crippen molar-refractivity contribution >= 4 is 55.0 Å². The van der Waals surface area contributed by atoms with Gasteiger partial charge >= 0.3 is 5.97 Å². The summed E-state index contributed by atoms with van der Waals surface area (Å²) in [6.07, 6.45) is 2.96. The monoisotopic (exact) mass is 430 g/mol. The molecule has 1 heterocycles. The zero-order chi connectivity index (χ0) is 17.7. The molecule has 10 heteroatoms. The fourth-order valence-corrected chi connectivity index (χ4v) is 3.53. The van der Waals surface area contributed by atoms with Crippen molar-refractivity contribution in [2.75, 3.05) is 24.4 Å². The summed E-state index contributed by atoms with van der Waals surface area (Å²) in [6, 6.07) is 6.67. The zero-order valence-electron chi connectivity index (χ0n) is 12.9. The van der Waals surface area contributed by atoms with Gasteiger partial charge in [0.15, 0.2) is 0 Å². The van der Waals surface area contributed by atoms with Gasteiger partial charge in [-0.05, 0) is 40.2 Å². The first-order chi connectivity index (χ1) is 11.3. The van der Waals surface area contributed by atoms with Gasteiger partial charge in [0, 0.05) is 23.0 Å². The fraction of sp³-hybridized carbons (Fsp3) is 0.214. The number of methoxy groups -OCH3 is 1. The maximum absolute atomic E-state index is 11.7. The minimum Gasteiger partial charge on any atom is -0.468 e. The first-order valence-electron chi connectivity index (χ1n) is 6.62. The molecule has 0 saturated heterocycles. The topological polar surface area (TPSA) is 105 Å². The van der Waals surface area contributed by atoms with Gasteiger partial charge < -0.3 is 10.1 Å². The van der Waals surface area contributed by atoms with Crippen LogP contribution in [0.4, 0.5) is 11.6 Å². The molecule has 128 valence electrons. The van der Waals surface area contributed by atoms with Crippen LogP contribution in [0.1, 0.15) is 0 Å². The first-order valence-corrected chi connectivity index (χ1v) is 10.4. The summed E-state index contributed by atoms with van der Waals surface area (Å²) < 4.78 is 24.5. The second kappa shape index (κ2) is 7.95. The summed E-state index contributed by atoms with van der Waals surface area (Å²) >= 11 is 4.58. The number of halogens is 1. The van der Waals surface area contributed by atoms with E-state index in [4.69, 9.17) is 4.78 Å². The van der Waals surface area contributed by atoms with Crippen LogP contribution in [-0.4, -0.2) is 39.3 Å². The molecule has 2 N–H and O–H groups in total. The lowest BCUT2D eigenvalue weighted by molar-refractivity contribution is -0.137. The predicted molar refractivity (Wildman–Crippen MR) is 97.2 cm³/mol. The van der Waals surface area contributed by atoms with E-state index in [1.165, 1.54) is 25.1 Å². The Morgan fingerprint density at radius 3 is 2.67 bits per heavy atom. The van der Waals surface area contributed by atoms with E-state index in [1.54, 1.807) is 30.5 Å². The van der Waals surface area contributed by atoms with Crippen molar-refractivity contribution in [2.45, 2.75) is 9.92 Å². The molecule has 0 bridgehead atoms. The summed E-state index contributed by atoms with van der Waals surface area (Å²) in [5.74, 6) is 0.171. The van der Waals surface area contributed by atoms with E-state index in [1.807, 2.05) is 0 Å². The van der Waals surface area contributed by atoms with Crippen molar-refractivity contribution < 1.29 is 13.7 Å². The third-order valence-corrected chi connectivity index (χ3v) is 5.81. The number of anilines is 2. The van der Waals surface area contributed by atoms with Crippen LogP contribution in [0, 0.1) is 4.78 Å². The van der Waals surface area contributed by atoms with Gasteiger partial charge in [0.25, 0.3) is 0 Å². The Balaban J connectivity index is 2.13. The molecule has 0 fully saturated rings. The summed E-state index contributed by atoms with van der Waals surface area (Å²) in [6.45, 7) is 0. The minimum atomic E-state index is -2.74. The van der Waals surface area contributed by atoms with E-state index >= 15 is 0 Å². The number of carbonyl (C=O) groups is 1. The number of hydrogen-bond donors (Lipinski definition) is 2. The zero-order valence-corrected chi connectivity index (χ0v) is 16.1. The van der Waals surface area contributed by atoms with Gasteiger partial charge in [0.2, 0.25) is 5.95 Å². The van der Waals surface area contributed by atoms with Crippen LogP contribution in [0.25, 0.3) is 0 Å². The molecular formula is C14H15BrN4O3S2. The average molecular weight is 431 g/mol. The van der Waals surface area contributed by atoms with E-state index in [-0.39, 0.29) is 11.7 Å². The van der Waals surface area contributed by atoms with Gasteiger partial charge in [-0.3, -0.25) is 4.79 Å². The van der Waals surface area contributed by atoms with Crippen LogP contribution in [0.5, 0.6) is 0 Å². The van der Waals surface area contributed by atoms with Crippen molar-refractivity contribution in [3.8, 4) is 0 Å². The normalized spacial score (nSPS) is 13.1. The molecule has 1 aromatic heterocycles. The number of hydrogen-bond acceptors (Lipinski definition) is 8. The summed E-state index contributed by atoms with van der Waals surface area (Å²) in [5.41, 5.74) is 0.702. The number of carbonyl (C=O) groups excluding carboxylic acids is 1. The molecule has 0 radical (unpaired) electrons. The third-order valence-electron chi connectivity index (χ3n) is 2.83. The Hall–Kier alpha value is -1.65. The summed E-state index contributed by atoms with van der Waals surface area (Å²) in [5, 5.41) is 3.63. The molecule has 1 aromatic carbocycles.